The fourth-order valence-corrected chi connectivity index (χ4v) is 8.69. The SMILES string of the molecule is C=CCCC(=O)NC[C@@H](C)OC(=O)[C@@H]1[C@H]2O[C@@]3(CC2Br)[C@H](C(=O)N(CC=C)CCN2CCOCC2)N([C@@H](CO)Cc2ccccc2)C(=O)[C@@H]13. The summed E-state index contributed by atoms with van der Waals surface area (Å²) < 4.78 is 18.0. The Morgan fingerprint density at radius 2 is 1.94 bits per heavy atom. The van der Waals surface area contributed by atoms with Crippen LogP contribution in [-0.2, 0) is 39.8 Å². The fraction of sp³-hybridized carbons (Fsp3) is 0.611. The highest BCUT2D eigenvalue weighted by Gasteiger charge is 2.77. The molecule has 1 spiro atoms. The van der Waals surface area contributed by atoms with Crippen molar-refractivity contribution in [3.05, 3.63) is 61.2 Å². The highest BCUT2D eigenvalue weighted by atomic mass is 79.9. The molecule has 0 aromatic heterocycles. The minimum atomic E-state index is -1.32. The number of nitrogens with zero attached hydrogens (tertiary/aromatic N) is 3. The summed E-state index contributed by atoms with van der Waals surface area (Å²) >= 11 is 3.71. The summed E-state index contributed by atoms with van der Waals surface area (Å²) in [4.78, 5) is 60.7. The molecule has 4 saturated heterocycles. The van der Waals surface area contributed by atoms with Crippen molar-refractivity contribution in [2.24, 2.45) is 11.8 Å². The quantitative estimate of drug-likeness (QED) is 0.139. The number of likely N-dealkylation sites (tertiary alicyclic amines) is 1. The van der Waals surface area contributed by atoms with Gasteiger partial charge in [0.1, 0.15) is 17.7 Å². The second kappa shape index (κ2) is 16.7. The number of aliphatic hydroxyl groups is 1. The lowest BCUT2D eigenvalue weighted by Crippen LogP contribution is -2.60. The molecule has 0 radical (unpaired) electrons. The van der Waals surface area contributed by atoms with Crippen LogP contribution in [-0.4, -0.2) is 137 Å². The van der Waals surface area contributed by atoms with Crippen LogP contribution < -0.4 is 5.32 Å². The molecule has 4 aliphatic rings. The van der Waals surface area contributed by atoms with Gasteiger partial charge in [0.05, 0.1) is 50.3 Å². The summed E-state index contributed by atoms with van der Waals surface area (Å²) in [5, 5.41) is 13.5. The van der Waals surface area contributed by atoms with Gasteiger partial charge in [0.25, 0.3) is 0 Å². The average Bonchev–Trinajstić information content (AvgIpc) is 3.70. The van der Waals surface area contributed by atoms with Crippen molar-refractivity contribution in [2.75, 3.05) is 59.1 Å². The predicted molar refractivity (Wildman–Crippen MR) is 186 cm³/mol. The summed E-state index contributed by atoms with van der Waals surface area (Å²) in [7, 11) is 0. The van der Waals surface area contributed by atoms with Gasteiger partial charge in [0.15, 0.2) is 0 Å². The van der Waals surface area contributed by atoms with E-state index in [1.54, 1.807) is 24.0 Å². The largest absolute Gasteiger partial charge is 0.460 e. The zero-order valence-electron chi connectivity index (χ0n) is 28.2. The molecule has 2 N–H and O–H groups in total. The van der Waals surface area contributed by atoms with E-state index in [0.717, 1.165) is 18.7 Å². The van der Waals surface area contributed by atoms with Gasteiger partial charge in [0.2, 0.25) is 17.7 Å². The molecule has 0 aliphatic carbocycles. The van der Waals surface area contributed by atoms with Crippen molar-refractivity contribution in [1.82, 2.24) is 20.0 Å². The molecule has 4 aliphatic heterocycles. The summed E-state index contributed by atoms with van der Waals surface area (Å²) in [5.74, 6) is -3.48. The number of carbonyl (C=O) groups excluding carboxylic acids is 4. The molecule has 0 saturated carbocycles. The van der Waals surface area contributed by atoms with Crippen molar-refractivity contribution < 1.29 is 38.5 Å². The van der Waals surface area contributed by atoms with Gasteiger partial charge in [-0.3, -0.25) is 24.1 Å². The van der Waals surface area contributed by atoms with Crippen molar-refractivity contribution in [1.29, 1.82) is 0 Å². The molecule has 2 bridgehead atoms. The molecule has 1 unspecified atom stereocenters. The number of fused-ring (bicyclic) bond motifs is 1. The second-order valence-corrected chi connectivity index (χ2v) is 14.5. The number of benzene rings is 1. The number of carbonyl (C=O) groups is 4. The normalized spacial score (nSPS) is 28.8. The van der Waals surface area contributed by atoms with Crippen LogP contribution in [0.2, 0.25) is 0 Å². The number of allylic oxidation sites excluding steroid dienone is 1. The third-order valence-electron chi connectivity index (χ3n) is 10.1. The topological polar surface area (TPSA) is 138 Å². The van der Waals surface area contributed by atoms with E-state index in [-0.39, 0.29) is 42.8 Å². The van der Waals surface area contributed by atoms with Crippen LogP contribution >= 0.6 is 15.9 Å². The number of rotatable bonds is 17. The Labute approximate surface area is 296 Å². The molecule has 4 fully saturated rings. The van der Waals surface area contributed by atoms with Crippen LogP contribution in [0.3, 0.4) is 0 Å². The van der Waals surface area contributed by atoms with Gasteiger partial charge in [-0.05, 0) is 31.7 Å². The number of halogens is 1. The van der Waals surface area contributed by atoms with E-state index in [0.29, 0.717) is 45.6 Å². The molecule has 1 aromatic rings. The lowest BCUT2D eigenvalue weighted by molar-refractivity contribution is -0.160. The Morgan fingerprint density at radius 1 is 1.20 bits per heavy atom. The number of ether oxygens (including phenoxy) is 3. The highest BCUT2D eigenvalue weighted by Crippen LogP contribution is 2.60. The molecular formula is C36H49BrN4O8. The smallest absolute Gasteiger partial charge is 0.312 e. The lowest BCUT2D eigenvalue weighted by atomic mass is 9.70. The molecule has 49 heavy (non-hydrogen) atoms. The first-order chi connectivity index (χ1) is 23.6. The van der Waals surface area contributed by atoms with E-state index in [9.17, 15) is 24.3 Å². The van der Waals surface area contributed by atoms with Crippen molar-refractivity contribution >= 4 is 39.6 Å². The molecule has 1 aromatic carbocycles. The number of alkyl halides is 1. The molecule has 8 atom stereocenters. The Morgan fingerprint density at radius 3 is 2.61 bits per heavy atom. The maximum atomic E-state index is 14.8. The molecule has 3 amide bonds. The standard InChI is InChI=1S/C36H49BrN4O8/c1-4-6-12-28(43)38-22-24(3)48-35(46)29-30-33(44)41(26(23-42)20-25-10-8-7-9-11-25)32(36(30)21-27(37)31(29)49-36)34(45)40(13-5-2)15-14-39-16-18-47-19-17-39/h4-5,7-11,24,26-27,29-32,42H,1-2,6,12-23H2,3H3,(H,38,43)/t24-,26-,27?,29+,30-,31+,32+,36-/m1/s1. The Bertz CT molecular complexity index is 1360. The van der Waals surface area contributed by atoms with Gasteiger partial charge < -0.3 is 34.4 Å². The zero-order valence-corrected chi connectivity index (χ0v) is 29.8. The third-order valence-corrected chi connectivity index (χ3v) is 10.9. The van der Waals surface area contributed by atoms with Gasteiger partial charge >= 0.3 is 5.97 Å². The molecule has 5 rings (SSSR count). The van der Waals surface area contributed by atoms with E-state index >= 15 is 0 Å². The second-order valence-electron chi connectivity index (χ2n) is 13.3. The number of nitrogens with one attached hydrogen (secondary N) is 1. The van der Waals surface area contributed by atoms with E-state index in [2.05, 4.69) is 39.3 Å². The first kappa shape index (κ1) is 37.2. The van der Waals surface area contributed by atoms with E-state index in [1.807, 2.05) is 30.3 Å². The summed E-state index contributed by atoms with van der Waals surface area (Å²) in [5.41, 5.74) is -0.421. The van der Waals surface area contributed by atoms with Crippen molar-refractivity contribution in [2.45, 2.75) is 67.3 Å². The minimum Gasteiger partial charge on any atom is -0.460 e. The molecule has 12 nitrogen and oxygen atoms in total. The Hall–Kier alpha value is -3.10. The number of aliphatic hydroxyl groups excluding tert-OH is 1. The third kappa shape index (κ3) is 7.96. The van der Waals surface area contributed by atoms with Crippen LogP contribution in [0.25, 0.3) is 0 Å². The summed E-state index contributed by atoms with van der Waals surface area (Å²) in [6, 6.07) is 7.67. The van der Waals surface area contributed by atoms with Crippen LogP contribution in [0.1, 0.15) is 31.7 Å². The maximum Gasteiger partial charge on any atom is 0.312 e. The van der Waals surface area contributed by atoms with Crippen LogP contribution in [0.5, 0.6) is 0 Å². The van der Waals surface area contributed by atoms with Gasteiger partial charge in [-0.15, -0.1) is 13.2 Å². The van der Waals surface area contributed by atoms with Gasteiger partial charge in [-0.2, -0.15) is 0 Å². The number of morpholine rings is 1. The average molecular weight is 746 g/mol. The number of amides is 3. The summed E-state index contributed by atoms with van der Waals surface area (Å²) in [6.07, 6.45) is 3.41. The first-order valence-electron chi connectivity index (χ1n) is 17.2. The maximum absolute atomic E-state index is 14.8. The van der Waals surface area contributed by atoms with Crippen LogP contribution in [0.15, 0.2) is 55.6 Å². The molecule has 13 heteroatoms. The predicted octanol–water partition coefficient (Wildman–Crippen LogP) is 1.70. The zero-order chi connectivity index (χ0) is 35.1. The first-order valence-corrected chi connectivity index (χ1v) is 18.1. The summed E-state index contributed by atoms with van der Waals surface area (Å²) in [6.45, 7) is 13.0. The van der Waals surface area contributed by atoms with Crippen LogP contribution in [0, 0.1) is 11.8 Å². The van der Waals surface area contributed by atoms with Crippen molar-refractivity contribution in [3.63, 3.8) is 0 Å². The van der Waals surface area contributed by atoms with Gasteiger partial charge in [0, 0.05) is 44.0 Å². The number of hydrogen-bond acceptors (Lipinski definition) is 9. The minimum absolute atomic E-state index is 0.109. The van der Waals surface area contributed by atoms with Gasteiger partial charge in [-0.25, -0.2) is 0 Å². The fourth-order valence-electron chi connectivity index (χ4n) is 7.75. The Balaban J connectivity index is 1.44. The van der Waals surface area contributed by atoms with Gasteiger partial charge in [-0.1, -0.05) is 58.4 Å². The monoisotopic (exact) mass is 744 g/mol. The van der Waals surface area contributed by atoms with E-state index < -0.39 is 53.6 Å². The molecular weight excluding hydrogens is 696 g/mol. The number of hydrogen-bond donors (Lipinski definition) is 2. The van der Waals surface area contributed by atoms with E-state index in [4.69, 9.17) is 14.2 Å². The van der Waals surface area contributed by atoms with E-state index in [1.165, 1.54) is 4.90 Å². The number of esters is 1. The molecule has 268 valence electrons. The van der Waals surface area contributed by atoms with Crippen molar-refractivity contribution in [3.8, 4) is 0 Å². The van der Waals surface area contributed by atoms with Crippen LogP contribution in [0.4, 0.5) is 0 Å². The molecule has 4 heterocycles. The Kier molecular flexibility index (Phi) is 12.7. The lowest BCUT2D eigenvalue weighted by Gasteiger charge is -2.40. The highest BCUT2D eigenvalue weighted by molar-refractivity contribution is 9.09.